The van der Waals surface area contributed by atoms with Crippen LogP contribution in [0.15, 0.2) is 46.2 Å². The summed E-state index contributed by atoms with van der Waals surface area (Å²) >= 11 is 19.3. The van der Waals surface area contributed by atoms with Crippen molar-refractivity contribution in [3.05, 3.63) is 68.5 Å². The Labute approximate surface area is 418 Å². The molecule has 16 heteroatoms. The fourth-order valence-corrected chi connectivity index (χ4v) is 16.8. The van der Waals surface area contributed by atoms with E-state index in [2.05, 4.69) is 76.7 Å². The molecule has 0 spiro atoms. The van der Waals surface area contributed by atoms with Gasteiger partial charge in [-0.25, -0.2) is 0 Å². The van der Waals surface area contributed by atoms with E-state index < -0.39 is 0 Å². The first-order valence-corrected chi connectivity index (χ1v) is 28.7. The lowest BCUT2D eigenvalue weighted by molar-refractivity contribution is -0.125. The van der Waals surface area contributed by atoms with Crippen LogP contribution >= 0.6 is 94.5 Å². The van der Waals surface area contributed by atoms with E-state index in [1.54, 1.807) is 9.80 Å². The molecule has 3 aliphatic rings. The van der Waals surface area contributed by atoms with Gasteiger partial charge in [-0.3, -0.25) is 14.5 Å². The molecule has 6 aromatic rings. The molecule has 1 aliphatic carbocycles. The van der Waals surface area contributed by atoms with Crippen LogP contribution in [0.5, 0.6) is 0 Å². The van der Waals surface area contributed by atoms with Gasteiger partial charge in [0.25, 0.3) is 11.8 Å². The van der Waals surface area contributed by atoms with E-state index in [1.165, 1.54) is 116 Å². The van der Waals surface area contributed by atoms with Crippen LogP contribution in [0.2, 0.25) is 0 Å². The summed E-state index contributed by atoms with van der Waals surface area (Å²) in [6.45, 7) is 14.5. The standard InChI is InChI=1S/C49H54N6O2S8/c1-7-13-15-27(9-3)25-49(26-28(10-4)16-14-8-2)33-23-35(31-19-17-29(39-41(31)52-64-50-39)21-37-45(56)54(11-5)47(58)62-37)60-43(33)44-34(49)24-36(61-44)32-20-18-30(40-42(32)53-65-51-40)22-38-46(57)55(12-6)48(59)63-38/h17-24,27-28,47,58H,7-16,25-26H2,1-6H3/b37-21-,38-22-. The number of thioether (sulfide) groups is 2. The molecule has 2 aliphatic heterocycles. The van der Waals surface area contributed by atoms with Crippen molar-refractivity contribution in [2.24, 2.45) is 11.8 Å². The number of thiol groups is 1. The Morgan fingerprint density at radius 2 is 1.22 bits per heavy atom. The molecule has 8 nitrogen and oxygen atoms in total. The zero-order valence-electron chi connectivity index (χ0n) is 37.6. The van der Waals surface area contributed by atoms with Crippen LogP contribution in [0.25, 0.3) is 64.9 Å². The van der Waals surface area contributed by atoms with Crippen molar-refractivity contribution in [2.75, 3.05) is 13.1 Å². The fraction of sp³-hybridized carbons (Fsp3) is 0.449. The van der Waals surface area contributed by atoms with E-state index in [0.29, 0.717) is 39.1 Å². The van der Waals surface area contributed by atoms with Crippen molar-refractivity contribution in [2.45, 2.75) is 116 Å². The van der Waals surface area contributed by atoms with Gasteiger partial charge in [-0.1, -0.05) is 139 Å². The second kappa shape index (κ2) is 19.9. The lowest BCUT2D eigenvalue weighted by Crippen LogP contribution is -2.31. The number of carbonyl (C=O) groups is 2. The molecule has 0 saturated carbocycles. The minimum Gasteiger partial charge on any atom is -0.317 e. The van der Waals surface area contributed by atoms with Gasteiger partial charge < -0.3 is 4.90 Å². The van der Waals surface area contributed by atoms with E-state index in [4.69, 9.17) is 29.7 Å². The first-order valence-electron chi connectivity index (χ1n) is 23.0. The van der Waals surface area contributed by atoms with Gasteiger partial charge in [-0.15, -0.1) is 35.3 Å². The molecule has 65 heavy (non-hydrogen) atoms. The summed E-state index contributed by atoms with van der Waals surface area (Å²) in [5, 5.41) is 0. The third kappa shape index (κ3) is 8.63. The van der Waals surface area contributed by atoms with Crippen molar-refractivity contribution in [1.29, 1.82) is 0 Å². The lowest BCUT2D eigenvalue weighted by atomic mass is 9.65. The van der Waals surface area contributed by atoms with Crippen LogP contribution in [0.1, 0.15) is 128 Å². The van der Waals surface area contributed by atoms with Crippen LogP contribution in [-0.2, 0) is 15.0 Å². The Hall–Kier alpha value is -2.96. The normalized spacial score (nSPS) is 20.7. The van der Waals surface area contributed by atoms with Crippen molar-refractivity contribution in [3.63, 3.8) is 0 Å². The van der Waals surface area contributed by atoms with Crippen LogP contribution in [0.3, 0.4) is 0 Å². The maximum Gasteiger partial charge on any atom is 0.266 e. The second-order valence-electron chi connectivity index (χ2n) is 17.3. The molecule has 4 aromatic heterocycles. The molecule has 3 unspecified atom stereocenters. The number of unbranched alkanes of at least 4 members (excludes halogenated alkanes) is 2. The van der Waals surface area contributed by atoms with E-state index >= 15 is 0 Å². The zero-order valence-corrected chi connectivity index (χ0v) is 44.3. The maximum atomic E-state index is 13.3. The molecular weight excluding hydrogens is 961 g/mol. The quantitative estimate of drug-likeness (QED) is 0.0513. The van der Waals surface area contributed by atoms with E-state index in [1.807, 2.05) is 48.7 Å². The molecule has 2 amide bonds. The average molecular weight is 1020 g/mol. The number of aromatic nitrogens is 4. The Balaban J connectivity index is 1.19. The van der Waals surface area contributed by atoms with Crippen LogP contribution < -0.4 is 0 Å². The Morgan fingerprint density at radius 3 is 1.66 bits per heavy atom. The summed E-state index contributed by atoms with van der Waals surface area (Å²) in [6, 6.07) is 13.6. The number of carbonyl (C=O) groups excluding carboxylic acids is 2. The first kappa shape index (κ1) is 47.1. The predicted molar refractivity (Wildman–Crippen MR) is 288 cm³/mol. The Kier molecular flexibility index (Phi) is 14.5. The van der Waals surface area contributed by atoms with Gasteiger partial charge in [0, 0.05) is 60.3 Å². The lowest BCUT2D eigenvalue weighted by Gasteiger charge is -2.37. The fourth-order valence-electron chi connectivity index (χ4n) is 9.96. The van der Waals surface area contributed by atoms with E-state index in [-0.39, 0.29) is 21.9 Å². The largest absolute Gasteiger partial charge is 0.317 e. The van der Waals surface area contributed by atoms with Gasteiger partial charge in [0.15, 0.2) is 0 Å². The Morgan fingerprint density at radius 1 is 0.708 bits per heavy atom. The van der Waals surface area contributed by atoms with E-state index in [0.717, 1.165) is 70.0 Å². The molecule has 0 bridgehead atoms. The molecule has 3 atom stereocenters. The topological polar surface area (TPSA) is 92.2 Å². The van der Waals surface area contributed by atoms with Crippen LogP contribution in [0.4, 0.5) is 0 Å². The highest BCUT2D eigenvalue weighted by Crippen LogP contribution is 2.63. The monoisotopic (exact) mass is 1010 g/mol. The predicted octanol–water partition coefficient (Wildman–Crippen LogP) is 15.0. The SMILES string of the molecule is CCCCC(CC)CC1(CC(CC)CCCC)c2cc(-c3ccc(/C=C4\SC(=S)N(CC)C4=O)c4nsnc34)sc2-c2sc(-c3ccc(/C=C4\SC(S)N(CC)C4=O)c4nsnc34)cc21. The number of amides is 2. The molecule has 9 rings (SSSR count). The number of rotatable bonds is 18. The number of thiocarbonyl (C=S) groups is 1. The summed E-state index contributed by atoms with van der Waals surface area (Å²) in [5.41, 5.74) is 10.2. The number of likely N-dealkylation sites (N-methyl/N-ethyl adjacent to an activating group) is 2. The van der Waals surface area contributed by atoms with Gasteiger partial charge >= 0.3 is 0 Å². The Bertz CT molecular complexity index is 2830. The number of nitrogens with zero attached hydrogens (tertiary/aromatic N) is 6. The molecule has 2 saturated heterocycles. The number of hydrogen-bond acceptors (Lipinski definition) is 14. The highest BCUT2D eigenvalue weighted by atomic mass is 32.2. The smallest absolute Gasteiger partial charge is 0.266 e. The van der Waals surface area contributed by atoms with Crippen LogP contribution in [-0.4, -0.2) is 61.2 Å². The van der Waals surface area contributed by atoms with Gasteiger partial charge in [-0.05, 0) is 73.9 Å². The molecule has 340 valence electrons. The number of hydrogen-bond donors (Lipinski definition) is 1. The minimum atomic E-state index is -0.192. The minimum absolute atomic E-state index is 0.0111. The number of thiophene rings is 2. The van der Waals surface area contributed by atoms with Crippen molar-refractivity contribution < 1.29 is 9.59 Å². The molecule has 0 radical (unpaired) electrons. The van der Waals surface area contributed by atoms with E-state index in [9.17, 15) is 9.59 Å². The second-order valence-corrected chi connectivity index (χ2v) is 24.1. The van der Waals surface area contributed by atoms with Gasteiger partial charge in [0.1, 0.15) is 31.1 Å². The molecule has 2 aromatic carbocycles. The third-order valence-electron chi connectivity index (χ3n) is 13.6. The van der Waals surface area contributed by atoms with Crippen molar-refractivity contribution >= 4 is 145 Å². The number of benzene rings is 2. The molecule has 0 N–H and O–H groups in total. The number of fused-ring (bicyclic) bond motifs is 5. The highest BCUT2D eigenvalue weighted by Gasteiger charge is 2.48. The summed E-state index contributed by atoms with van der Waals surface area (Å²) < 4.78 is 19.9. The molecular formula is C49H54N6O2S8. The molecule has 2 fully saturated rings. The van der Waals surface area contributed by atoms with Crippen molar-refractivity contribution in [3.8, 4) is 30.6 Å². The molecule has 6 heterocycles. The van der Waals surface area contributed by atoms with Crippen LogP contribution in [0, 0.1) is 11.8 Å². The van der Waals surface area contributed by atoms with Gasteiger partial charge in [0.2, 0.25) is 0 Å². The summed E-state index contributed by atoms with van der Waals surface area (Å²) in [4.78, 5) is 36.4. The average Bonchev–Trinajstić information content (AvgIpc) is 4.18. The summed E-state index contributed by atoms with van der Waals surface area (Å²) in [5.74, 6) is 1.15. The highest BCUT2D eigenvalue weighted by molar-refractivity contribution is 8.26. The van der Waals surface area contributed by atoms with Gasteiger partial charge in [0.05, 0.1) is 33.3 Å². The summed E-state index contributed by atoms with van der Waals surface area (Å²) in [7, 11) is 0. The maximum absolute atomic E-state index is 13.3. The van der Waals surface area contributed by atoms with Crippen molar-refractivity contribution in [1.82, 2.24) is 27.3 Å². The zero-order chi connectivity index (χ0) is 45.6. The van der Waals surface area contributed by atoms with Gasteiger partial charge in [-0.2, -0.15) is 17.5 Å². The summed E-state index contributed by atoms with van der Waals surface area (Å²) in [6.07, 6.45) is 15.8. The first-order chi connectivity index (χ1) is 31.6. The third-order valence-corrected chi connectivity index (χ3v) is 20.1.